The van der Waals surface area contributed by atoms with E-state index < -0.39 is 0 Å². The zero-order valence-corrected chi connectivity index (χ0v) is 16.2. The van der Waals surface area contributed by atoms with Crippen LogP contribution in [0.1, 0.15) is 37.6 Å². The van der Waals surface area contributed by atoms with E-state index in [4.69, 9.17) is 4.74 Å². The number of fused-ring (bicyclic) bond motifs is 1. The molecule has 0 spiro atoms. The van der Waals surface area contributed by atoms with Gasteiger partial charge >= 0.3 is 0 Å². The van der Waals surface area contributed by atoms with Crippen molar-refractivity contribution < 1.29 is 4.74 Å². The van der Waals surface area contributed by atoms with Gasteiger partial charge in [0, 0.05) is 39.8 Å². The van der Waals surface area contributed by atoms with Gasteiger partial charge in [0.2, 0.25) is 0 Å². The van der Waals surface area contributed by atoms with E-state index in [-0.39, 0.29) is 0 Å². The lowest BCUT2D eigenvalue weighted by atomic mass is 10.3. The number of unbranched alkanes of at least 4 members (excludes halogenated alkanes) is 1. The van der Waals surface area contributed by atoms with E-state index in [0.717, 1.165) is 63.5 Å². The van der Waals surface area contributed by atoms with Crippen molar-refractivity contribution >= 4 is 27.5 Å². The number of guanidine groups is 1. The van der Waals surface area contributed by atoms with Gasteiger partial charge < -0.3 is 15.4 Å². The molecular formula is C19H30N4OS. The molecule has 1 heterocycles. The molecule has 0 amide bonds. The standard InChI is InChI=1S/C19H30N4OS/c1-3-4-14-24-15-8-13-22-19(20-2)21-12-7-11-18-23-16-9-5-6-10-17(16)25-18/h5-6,9-10H,3-4,7-8,11-15H2,1-2H3,(H2,20,21,22). The predicted octanol–water partition coefficient (Wildman–Crippen LogP) is 3.60. The van der Waals surface area contributed by atoms with Crippen LogP contribution >= 0.6 is 11.3 Å². The fourth-order valence-corrected chi connectivity index (χ4v) is 3.43. The second-order valence-electron chi connectivity index (χ2n) is 5.92. The molecule has 25 heavy (non-hydrogen) atoms. The summed E-state index contributed by atoms with van der Waals surface area (Å²) in [6.45, 7) is 5.63. The molecule has 0 atom stereocenters. The quantitative estimate of drug-likeness (QED) is 0.364. The normalized spacial score (nSPS) is 11.8. The Morgan fingerprint density at radius 1 is 1.12 bits per heavy atom. The fraction of sp³-hybridized carbons (Fsp3) is 0.579. The lowest BCUT2D eigenvalue weighted by Crippen LogP contribution is -2.38. The average molecular weight is 363 g/mol. The molecule has 138 valence electrons. The number of hydrogen-bond donors (Lipinski definition) is 2. The predicted molar refractivity (Wildman–Crippen MR) is 108 cm³/mol. The van der Waals surface area contributed by atoms with E-state index in [1.54, 1.807) is 18.4 Å². The minimum absolute atomic E-state index is 0.807. The summed E-state index contributed by atoms with van der Waals surface area (Å²) in [6.07, 6.45) is 5.36. The van der Waals surface area contributed by atoms with Crippen LogP contribution in [0.4, 0.5) is 0 Å². The highest BCUT2D eigenvalue weighted by Crippen LogP contribution is 2.22. The van der Waals surface area contributed by atoms with Crippen LogP contribution in [0.3, 0.4) is 0 Å². The van der Waals surface area contributed by atoms with Crippen LogP contribution in [0, 0.1) is 0 Å². The number of thiazole rings is 1. The number of nitrogens with zero attached hydrogens (tertiary/aromatic N) is 2. The van der Waals surface area contributed by atoms with E-state index in [0.29, 0.717) is 0 Å². The molecule has 0 saturated carbocycles. The summed E-state index contributed by atoms with van der Waals surface area (Å²) in [4.78, 5) is 8.93. The lowest BCUT2D eigenvalue weighted by molar-refractivity contribution is 0.129. The van der Waals surface area contributed by atoms with Gasteiger partial charge in [-0.05, 0) is 31.4 Å². The Bertz CT molecular complexity index is 608. The molecule has 0 unspecified atom stereocenters. The van der Waals surface area contributed by atoms with Gasteiger partial charge in [0.1, 0.15) is 0 Å². The summed E-state index contributed by atoms with van der Waals surface area (Å²) in [5.74, 6) is 0.859. The third-order valence-electron chi connectivity index (χ3n) is 3.82. The highest BCUT2D eigenvalue weighted by atomic mass is 32.1. The Labute approximate surface area is 154 Å². The molecule has 0 fully saturated rings. The first kappa shape index (κ1) is 19.7. The van der Waals surface area contributed by atoms with Crippen molar-refractivity contribution in [2.45, 2.75) is 39.0 Å². The van der Waals surface area contributed by atoms with E-state index in [1.165, 1.54) is 16.1 Å². The van der Waals surface area contributed by atoms with Crippen molar-refractivity contribution in [3.63, 3.8) is 0 Å². The first-order valence-corrected chi connectivity index (χ1v) is 10.0. The van der Waals surface area contributed by atoms with Crippen molar-refractivity contribution in [1.29, 1.82) is 0 Å². The highest BCUT2D eigenvalue weighted by molar-refractivity contribution is 7.18. The molecule has 0 saturated heterocycles. The summed E-state index contributed by atoms with van der Waals surface area (Å²) < 4.78 is 6.82. The van der Waals surface area contributed by atoms with E-state index in [9.17, 15) is 0 Å². The van der Waals surface area contributed by atoms with Crippen molar-refractivity contribution in [1.82, 2.24) is 15.6 Å². The molecule has 0 aliphatic rings. The van der Waals surface area contributed by atoms with E-state index in [2.05, 4.69) is 45.7 Å². The largest absolute Gasteiger partial charge is 0.381 e. The summed E-state index contributed by atoms with van der Waals surface area (Å²) in [5, 5.41) is 7.89. The second kappa shape index (κ2) is 11.8. The lowest BCUT2D eigenvalue weighted by Gasteiger charge is -2.11. The van der Waals surface area contributed by atoms with Gasteiger partial charge in [0.25, 0.3) is 0 Å². The van der Waals surface area contributed by atoms with E-state index >= 15 is 0 Å². The van der Waals surface area contributed by atoms with Gasteiger partial charge in [0.05, 0.1) is 15.2 Å². The number of aromatic nitrogens is 1. The van der Waals surface area contributed by atoms with Gasteiger partial charge in [-0.3, -0.25) is 4.99 Å². The minimum Gasteiger partial charge on any atom is -0.381 e. The van der Waals surface area contributed by atoms with Crippen LogP contribution in [-0.4, -0.2) is 44.3 Å². The zero-order valence-electron chi connectivity index (χ0n) is 15.4. The van der Waals surface area contributed by atoms with E-state index in [1.807, 2.05) is 6.07 Å². The average Bonchev–Trinajstić information content (AvgIpc) is 3.05. The molecule has 1 aromatic heterocycles. The minimum atomic E-state index is 0.807. The Balaban J connectivity index is 1.56. The summed E-state index contributed by atoms with van der Waals surface area (Å²) in [5.41, 5.74) is 1.11. The van der Waals surface area contributed by atoms with Crippen molar-refractivity contribution in [2.24, 2.45) is 4.99 Å². The summed E-state index contributed by atoms with van der Waals surface area (Å²) in [7, 11) is 1.81. The third kappa shape index (κ3) is 7.40. The zero-order chi connectivity index (χ0) is 17.7. The Morgan fingerprint density at radius 2 is 1.88 bits per heavy atom. The maximum absolute atomic E-state index is 5.56. The van der Waals surface area contributed by atoms with Crippen LogP contribution in [0.25, 0.3) is 10.2 Å². The molecule has 2 rings (SSSR count). The van der Waals surface area contributed by atoms with Gasteiger partial charge in [0.15, 0.2) is 5.96 Å². The molecule has 6 heteroatoms. The van der Waals surface area contributed by atoms with Crippen LogP contribution in [0.2, 0.25) is 0 Å². The Kier molecular flexibility index (Phi) is 9.29. The van der Waals surface area contributed by atoms with Crippen molar-refractivity contribution in [3.8, 4) is 0 Å². The Hall–Kier alpha value is -1.66. The molecular weight excluding hydrogens is 332 g/mol. The second-order valence-corrected chi connectivity index (χ2v) is 7.04. The topological polar surface area (TPSA) is 58.5 Å². The molecule has 0 aliphatic heterocycles. The van der Waals surface area contributed by atoms with Gasteiger partial charge in [-0.25, -0.2) is 4.98 Å². The van der Waals surface area contributed by atoms with Crippen LogP contribution in [0.15, 0.2) is 29.3 Å². The number of ether oxygens (including phenoxy) is 1. The summed E-state index contributed by atoms with van der Waals surface area (Å²) in [6, 6.07) is 8.31. The molecule has 0 aliphatic carbocycles. The molecule has 2 N–H and O–H groups in total. The Morgan fingerprint density at radius 3 is 2.64 bits per heavy atom. The van der Waals surface area contributed by atoms with Crippen molar-refractivity contribution in [3.05, 3.63) is 29.3 Å². The molecule has 0 radical (unpaired) electrons. The number of rotatable bonds is 11. The maximum Gasteiger partial charge on any atom is 0.190 e. The molecule has 5 nitrogen and oxygen atoms in total. The number of benzene rings is 1. The maximum atomic E-state index is 5.56. The highest BCUT2D eigenvalue weighted by Gasteiger charge is 2.03. The van der Waals surface area contributed by atoms with Gasteiger partial charge in [-0.1, -0.05) is 25.5 Å². The smallest absolute Gasteiger partial charge is 0.190 e. The third-order valence-corrected chi connectivity index (χ3v) is 4.92. The summed E-state index contributed by atoms with van der Waals surface area (Å²) >= 11 is 1.79. The van der Waals surface area contributed by atoms with Gasteiger partial charge in [-0.15, -0.1) is 11.3 Å². The number of hydrogen-bond acceptors (Lipinski definition) is 4. The molecule has 1 aromatic carbocycles. The fourth-order valence-electron chi connectivity index (χ4n) is 2.42. The van der Waals surface area contributed by atoms with Gasteiger partial charge in [-0.2, -0.15) is 0 Å². The molecule has 2 aromatic rings. The number of para-hydroxylation sites is 1. The first-order valence-electron chi connectivity index (χ1n) is 9.20. The number of nitrogens with one attached hydrogen (secondary N) is 2. The molecule has 0 bridgehead atoms. The van der Waals surface area contributed by atoms with Crippen LogP contribution < -0.4 is 10.6 Å². The first-order chi connectivity index (χ1) is 12.3. The number of aryl methyl sites for hydroxylation is 1. The van der Waals surface area contributed by atoms with Crippen molar-refractivity contribution in [2.75, 3.05) is 33.4 Å². The van der Waals surface area contributed by atoms with Crippen LogP contribution in [0.5, 0.6) is 0 Å². The monoisotopic (exact) mass is 362 g/mol. The number of aliphatic imine (C=N–C) groups is 1. The van der Waals surface area contributed by atoms with Crippen LogP contribution in [-0.2, 0) is 11.2 Å². The SMILES string of the molecule is CCCCOCCCNC(=NC)NCCCc1nc2ccccc2s1.